The minimum Gasteiger partial charge on any atom is -0.497 e. The van der Waals surface area contributed by atoms with E-state index >= 15 is 0 Å². The van der Waals surface area contributed by atoms with E-state index in [-0.39, 0.29) is 32.9 Å². The smallest absolute Gasteiger partial charge is 0.497 e. The number of hydrogen-bond acceptors (Lipinski definition) is 3. The van der Waals surface area contributed by atoms with Gasteiger partial charge in [0.2, 0.25) is 0 Å². The van der Waals surface area contributed by atoms with Gasteiger partial charge in [-0.1, -0.05) is 142 Å². The Hall–Kier alpha value is -6.55. The molecule has 0 N–H and O–H groups in total. The minimum absolute atomic E-state index is 0. The predicted octanol–water partition coefficient (Wildman–Crippen LogP) is 14.6. The number of pyridine rings is 1. The van der Waals surface area contributed by atoms with Gasteiger partial charge in [-0.2, -0.15) is 0 Å². The summed E-state index contributed by atoms with van der Waals surface area (Å²) in [5.41, 5.74) is 14.2. The van der Waals surface area contributed by atoms with Crippen LogP contribution in [0.1, 0.15) is 56.2 Å². The number of ether oxygens (including phenoxy) is 1. The van der Waals surface area contributed by atoms with Crippen LogP contribution in [-0.2, 0) is 21.1 Å². The molecule has 0 aliphatic heterocycles. The van der Waals surface area contributed by atoms with Gasteiger partial charge in [0.05, 0.1) is 33.5 Å². The van der Waals surface area contributed by atoms with Crippen LogP contribution in [0.5, 0.6) is 11.5 Å². The van der Waals surface area contributed by atoms with Gasteiger partial charge in [-0.05, 0) is 99.1 Å². The quantitative estimate of drug-likeness (QED) is 0.118. The molecule has 0 spiro atoms. The van der Waals surface area contributed by atoms with Crippen molar-refractivity contribution in [1.29, 1.82) is 0 Å². The Balaban J connectivity index is 0.00000445. The number of imidazole rings is 2. The van der Waals surface area contributed by atoms with Gasteiger partial charge in [0, 0.05) is 22.7 Å². The van der Waals surface area contributed by atoms with Crippen molar-refractivity contribution in [1.82, 2.24) is 18.9 Å². The van der Waals surface area contributed by atoms with Crippen molar-refractivity contribution in [3.8, 4) is 39.7 Å². The first-order chi connectivity index (χ1) is 29.3. The zero-order valence-electron chi connectivity index (χ0n) is 34.6. The normalized spacial score (nSPS) is 11.9. The molecule has 61 heavy (non-hydrogen) atoms. The number of aryl methyl sites for hydroxylation is 1. The molecule has 0 aliphatic rings. The summed E-state index contributed by atoms with van der Waals surface area (Å²) in [6.45, 7) is 11.3. The van der Waals surface area contributed by atoms with Gasteiger partial charge in [-0.15, -0.1) is 29.8 Å². The first-order valence-electron chi connectivity index (χ1n) is 20.8. The van der Waals surface area contributed by atoms with Crippen molar-refractivity contribution in [3.63, 3.8) is 0 Å². The molecule has 0 saturated carbocycles. The fourth-order valence-corrected chi connectivity index (χ4v) is 9.18. The second kappa shape index (κ2) is 15.2. The van der Waals surface area contributed by atoms with Crippen molar-refractivity contribution >= 4 is 60.2 Å². The van der Waals surface area contributed by atoms with Crippen molar-refractivity contribution in [3.05, 3.63) is 180 Å². The van der Waals surface area contributed by atoms with Crippen molar-refractivity contribution in [2.24, 2.45) is 0 Å². The van der Waals surface area contributed by atoms with E-state index in [1.807, 2.05) is 18.2 Å². The number of aromatic nitrogens is 4. The third-order valence-electron chi connectivity index (χ3n) is 12.0. The summed E-state index contributed by atoms with van der Waals surface area (Å²) in [4.78, 5) is 10.6. The second-order valence-corrected chi connectivity index (χ2v) is 16.5. The maximum atomic E-state index is 6.69. The maximum absolute atomic E-state index is 6.69. The molecular formula is C55H42N4OPt. The molecule has 0 radical (unpaired) electrons. The van der Waals surface area contributed by atoms with Crippen LogP contribution in [0.2, 0.25) is 0 Å². The number of fused-ring (bicyclic) bond motifs is 10. The molecule has 8 aromatic carbocycles. The molecule has 0 amide bonds. The molecule has 0 unspecified atom stereocenters. The van der Waals surface area contributed by atoms with Gasteiger partial charge in [0.15, 0.2) is 0 Å². The summed E-state index contributed by atoms with van der Waals surface area (Å²) in [6.07, 6.45) is 0. The fraction of sp³-hybridized carbons (Fsp3) is 0.127. The third-order valence-corrected chi connectivity index (χ3v) is 12.0. The minimum atomic E-state index is 0. The third kappa shape index (κ3) is 6.33. The van der Waals surface area contributed by atoms with Gasteiger partial charge in [0.25, 0.3) is 0 Å². The summed E-state index contributed by atoms with van der Waals surface area (Å²) in [5.74, 6) is 2.52. The van der Waals surface area contributed by atoms with Gasteiger partial charge in [0.1, 0.15) is 0 Å². The van der Waals surface area contributed by atoms with E-state index in [1.54, 1.807) is 0 Å². The molecule has 5 nitrogen and oxygen atoms in total. The van der Waals surface area contributed by atoms with Gasteiger partial charge >= 0.3 is 21.1 Å². The Morgan fingerprint density at radius 1 is 0.557 bits per heavy atom. The summed E-state index contributed by atoms with van der Waals surface area (Å²) in [5, 5.41) is 5.54. The Morgan fingerprint density at radius 2 is 1.23 bits per heavy atom. The predicted molar refractivity (Wildman–Crippen MR) is 248 cm³/mol. The topological polar surface area (TPSA) is 44.4 Å². The van der Waals surface area contributed by atoms with Crippen LogP contribution >= 0.6 is 0 Å². The maximum Gasteiger partial charge on any atom is 2.00 e. The Labute approximate surface area is 369 Å². The van der Waals surface area contributed by atoms with E-state index in [4.69, 9.17) is 14.7 Å². The van der Waals surface area contributed by atoms with Crippen LogP contribution < -0.4 is 4.74 Å². The zero-order chi connectivity index (χ0) is 40.6. The molecule has 0 fully saturated rings. The van der Waals surface area contributed by atoms with E-state index in [9.17, 15) is 0 Å². The molecule has 0 atom stereocenters. The van der Waals surface area contributed by atoms with Gasteiger partial charge in [-0.25, -0.2) is 0 Å². The Morgan fingerprint density at radius 3 is 2.00 bits per heavy atom. The zero-order valence-corrected chi connectivity index (χ0v) is 36.9. The number of hydrogen-bond donors (Lipinski definition) is 0. The number of nitrogens with zero attached hydrogens (tertiary/aromatic N) is 4. The number of benzene rings is 8. The van der Waals surface area contributed by atoms with Gasteiger partial charge in [-0.3, -0.25) is 9.97 Å². The van der Waals surface area contributed by atoms with E-state index in [1.165, 1.54) is 44.3 Å². The van der Waals surface area contributed by atoms with E-state index in [2.05, 4.69) is 189 Å². The van der Waals surface area contributed by atoms with Crippen LogP contribution in [0.3, 0.4) is 0 Å². The van der Waals surface area contributed by atoms with Crippen LogP contribution in [-0.4, -0.2) is 18.9 Å². The molecule has 0 aliphatic carbocycles. The van der Waals surface area contributed by atoms with Gasteiger partial charge < -0.3 is 13.7 Å². The first-order valence-corrected chi connectivity index (χ1v) is 20.8. The molecule has 11 rings (SSSR count). The van der Waals surface area contributed by atoms with E-state index in [0.717, 1.165) is 60.8 Å². The molecule has 298 valence electrons. The number of para-hydroxylation sites is 3. The molecule has 3 aromatic heterocycles. The van der Waals surface area contributed by atoms with Crippen LogP contribution in [0.25, 0.3) is 88.4 Å². The average Bonchev–Trinajstić information content (AvgIpc) is 3.86. The largest absolute Gasteiger partial charge is 2.00 e. The first kappa shape index (κ1) is 38.6. The summed E-state index contributed by atoms with van der Waals surface area (Å²) < 4.78 is 11.3. The van der Waals surface area contributed by atoms with E-state index in [0.29, 0.717) is 11.5 Å². The average molecular weight is 970 g/mol. The van der Waals surface area contributed by atoms with Crippen molar-refractivity contribution in [2.45, 2.75) is 46.5 Å². The van der Waals surface area contributed by atoms with Crippen molar-refractivity contribution < 1.29 is 25.8 Å². The summed E-state index contributed by atoms with van der Waals surface area (Å²) in [7, 11) is 0. The molecule has 0 saturated heterocycles. The summed E-state index contributed by atoms with van der Waals surface area (Å²) >= 11 is 0. The SMILES string of the molecule is Cc1c2ccccc2cc2nc3c4[c-]c(Oc5[c-]c(-c6nc7ccccc7n6-c6c(C(C)C)cc(-c7ccccc7)cc6C(C)C)ccc5)ccc4c4ccccc4n3c12.[Pt+2]. The Bertz CT molecular complexity index is 3460. The second-order valence-electron chi connectivity index (χ2n) is 16.5. The van der Waals surface area contributed by atoms with Crippen LogP contribution in [0.4, 0.5) is 0 Å². The number of rotatable bonds is 7. The molecule has 6 heteroatoms. The molecular weight excluding hydrogens is 928 g/mol. The van der Waals surface area contributed by atoms with Crippen LogP contribution in [0.15, 0.2) is 152 Å². The standard InChI is InChI=1S/C55H42N4O.Pt/c1-33(2)45-29-39(36-16-7-6-8-17-36)30-46(34(3)4)53(45)59-51-25-14-12-23-48(51)56-54(59)38-19-15-20-40(28-38)60-41-26-27-43-44-22-11-13-24-50(44)58-52-35(5)42-21-10-9-18-37(42)31-49(52)57-55(58)47(43)32-41;/h6-27,29-31,33-34H,1-5H3;/q-2;+2. The molecule has 11 aromatic rings. The molecule has 0 bridgehead atoms. The summed E-state index contributed by atoms with van der Waals surface area (Å²) in [6, 6.07) is 60.6. The fourth-order valence-electron chi connectivity index (χ4n) is 9.18. The van der Waals surface area contributed by atoms with Crippen LogP contribution in [0, 0.1) is 19.1 Å². The van der Waals surface area contributed by atoms with E-state index < -0.39 is 0 Å². The van der Waals surface area contributed by atoms with Crippen molar-refractivity contribution in [2.75, 3.05) is 0 Å². The molecule has 3 heterocycles. The monoisotopic (exact) mass is 969 g/mol. The Kier molecular flexibility index (Phi) is 9.61.